The second-order valence-corrected chi connectivity index (χ2v) is 4.50. The van der Waals surface area contributed by atoms with Crippen LogP contribution in [0, 0.1) is 11.3 Å². The van der Waals surface area contributed by atoms with Gasteiger partial charge in [-0.25, -0.2) is 4.79 Å². The van der Waals surface area contributed by atoms with Crippen LogP contribution in [0.25, 0.3) is 10.9 Å². The number of nitriles is 1. The molecular weight excluding hydrogens is 301 g/mol. The fourth-order valence-corrected chi connectivity index (χ4v) is 2.11. The van der Waals surface area contributed by atoms with Crippen molar-refractivity contribution in [3.05, 3.63) is 35.5 Å². The van der Waals surface area contributed by atoms with Gasteiger partial charge < -0.3 is 14.8 Å². The number of aromatic amines is 1. The number of nitrogens with one attached hydrogen (secondary N) is 1. The van der Waals surface area contributed by atoms with Gasteiger partial charge >= 0.3 is 12.1 Å². The number of nitrogens with zero attached hydrogens (tertiary/aromatic N) is 1. The highest BCUT2D eigenvalue weighted by Gasteiger charge is 2.63. The minimum atomic E-state index is -5.26. The van der Waals surface area contributed by atoms with Gasteiger partial charge in [0.1, 0.15) is 0 Å². The zero-order valence-electron chi connectivity index (χ0n) is 11.4. The van der Waals surface area contributed by atoms with Crippen molar-refractivity contribution in [1.29, 1.82) is 5.26 Å². The van der Waals surface area contributed by atoms with Gasteiger partial charge in [-0.3, -0.25) is 0 Å². The first-order valence-electron chi connectivity index (χ1n) is 6.23. The van der Waals surface area contributed by atoms with Gasteiger partial charge in [0.15, 0.2) is 0 Å². The van der Waals surface area contributed by atoms with E-state index in [1.807, 2.05) is 6.07 Å². The van der Waals surface area contributed by atoms with Crippen LogP contribution >= 0.6 is 0 Å². The largest absolute Gasteiger partial charge is 0.463 e. The SMILES string of the molecule is CCOC(=O)[C@@](O)(c1c[nH]c2cc(C#N)ccc12)C(F)(F)F. The maximum absolute atomic E-state index is 13.3. The first kappa shape index (κ1) is 15.9. The standard InChI is InChI=1S/C14H11F3N2O3/c1-2-22-12(20)13(21,14(15,16)17)10-7-19-11-5-8(6-18)3-4-9(10)11/h3-5,7,19,21H,2H2,1H3/t13-/m0/s1. The fourth-order valence-electron chi connectivity index (χ4n) is 2.11. The van der Waals surface area contributed by atoms with Crippen LogP contribution in [-0.2, 0) is 15.1 Å². The molecule has 2 rings (SSSR count). The molecule has 0 amide bonds. The van der Waals surface area contributed by atoms with Crippen LogP contribution in [0.3, 0.4) is 0 Å². The van der Waals surface area contributed by atoms with E-state index in [-0.39, 0.29) is 23.1 Å². The first-order valence-corrected chi connectivity index (χ1v) is 6.23. The molecule has 1 aromatic heterocycles. The third kappa shape index (κ3) is 2.29. The minimum absolute atomic E-state index is 0.0214. The van der Waals surface area contributed by atoms with Crippen molar-refractivity contribution in [3.8, 4) is 6.07 Å². The van der Waals surface area contributed by atoms with E-state index in [2.05, 4.69) is 9.72 Å². The van der Waals surface area contributed by atoms with Gasteiger partial charge in [0.2, 0.25) is 0 Å². The summed E-state index contributed by atoms with van der Waals surface area (Å²) >= 11 is 0. The molecule has 1 aromatic carbocycles. The zero-order chi connectivity index (χ0) is 16.5. The van der Waals surface area contributed by atoms with Gasteiger partial charge in [0, 0.05) is 22.7 Å². The number of alkyl halides is 3. The lowest BCUT2D eigenvalue weighted by Gasteiger charge is -2.27. The Kier molecular flexibility index (Phi) is 3.85. The highest BCUT2D eigenvalue weighted by atomic mass is 19.4. The maximum Gasteiger partial charge on any atom is 0.432 e. The van der Waals surface area contributed by atoms with E-state index in [1.54, 1.807) is 0 Å². The summed E-state index contributed by atoms with van der Waals surface area (Å²) in [5.74, 6) is -1.80. The summed E-state index contributed by atoms with van der Waals surface area (Å²) in [5.41, 5.74) is -4.03. The average Bonchev–Trinajstić information content (AvgIpc) is 2.88. The predicted octanol–water partition coefficient (Wildman–Crippen LogP) is 2.35. The number of aromatic nitrogens is 1. The molecule has 0 bridgehead atoms. The monoisotopic (exact) mass is 312 g/mol. The fraction of sp³-hybridized carbons (Fsp3) is 0.286. The quantitative estimate of drug-likeness (QED) is 0.852. The summed E-state index contributed by atoms with van der Waals surface area (Å²) in [7, 11) is 0. The van der Waals surface area contributed by atoms with E-state index >= 15 is 0 Å². The van der Waals surface area contributed by atoms with E-state index < -0.39 is 23.3 Å². The number of halogens is 3. The Hall–Kier alpha value is -2.53. The van der Waals surface area contributed by atoms with Crippen molar-refractivity contribution >= 4 is 16.9 Å². The van der Waals surface area contributed by atoms with Crippen molar-refractivity contribution in [2.24, 2.45) is 0 Å². The van der Waals surface area contributed by atoms with Crippen LogP contribution < -0.4 is 0 Å². The Morgan fingerprint density at radius 3 is 2.68 bits per heavy atom. The molecule has 2 aromatic rings. The number of rotatable bonds is 3. The van der Waals surface area contributed by atoms with Crippen molar-refractivity contribution < 1.29 is 27.8 Å². The molecule has 1 atom stereocenters. The zero-order valence-corrected chi connectivity index (χ0v) is 11.4. The van der Waals surface area contributed by atoms with Crippen molar-refractivity contribution in [2.75, 3.05) is 6.61 Å². The first-order chi connectivity index (χ1) is 10.3. The Balaban J connectivity index is 2.68. The summed E-state index contributed by atoms with van der Waals surface area (Å²) in [6, 6.07) is 5.69. The molecule has 0 aliphatic rings. The molecule has 22 heavy (non-hydrogen) atoms. The van der Waals surface area contributed by atoms with Gasteiger partial charge in [-0.2, -0.15) is 18.4 Å². The van der Waals surface area contributed by atoms with Crippen LogP contribution in [-0.4, -0.2) is 28.8 Å². The molecule has 8 heteroatoms. The summed E-state index contributed by atoms with van der Waals surface area (Å²) in [6.45, 7) is 1.03. The predicted molar refractivity (Wildman–Crippen MR) is 69.6 cm³/mol. The van der Waals surface area contributed by atoms with Crippen molar-refractivity contribution in [1.82, 2.24) is 4.98 Å². The van der Waals surface area contributed by atoms with Crippen molar-refractivity contribution in [2.45, 2.75) is 18.7 Å². The van der Waals surface area contributed by atoms with E-state index in [0.717, 1.165) is 6.20 Å². The molecule has 116 valence electrons. The molecule has 0 saturated carbocycles. The molecule has 2 N–H and O–H groups in total. The second kappa shape index (κ2) is 5.35. The van der Waals surface area contributed by atoms with E-state index in [9.17, 15) is 23.1 Å². The van der Waals surface area contributed by atoms with Crippen LogP contribution in [0.4, 0.5) is 13.2 Å². The lowest BCUT2D eigenvalue weighted by molar-refractivity contribution is -0.267. The summed E-state index contributed by atoms with van der Waals surface area (Å²) < 4.78 is 44.3. The van der Waals surface area contributed by atoms with Crippen LogP contribution in [0.15, 0.2) is 24.4 Å². The molecule has 0 unspecified atom stereocenters. The number of carbonyl (C=O) groups excluding carboxylic acids is 1. The topological polar surface area (TPSA) is 86.1 Å². The molecule has 1 heterocycles. The number of esters is 1. The van der Waals surface area contributed by atoms with Gasteiger partial charge in [0.25, 0.3) is 5.60 Å². The Bertz CT molecular complexity index is 761. The summed E-state index contributed by atoms with van der Waals surface area (Å²) in [4.78, 5) is 14.2. The van der Waals surface area contributed by atoms with Gasteiger partial charge in [-0.15, -0.1) is 0 Å². The number of ether oxygens (including phenoxy) is 1. The van der Waals surface area contributed by atoms with Gasteiger partial charge in [-0.05, 0) is 19.1 Å². The third-order valence-corrected chi connectivity index (χ3v) is 3.18. The molecule has 0 aliphatic heterocycles. The molecular formula is C14H11F3N2O3. The third-order valence-electron chi connectivity index (χ3n) is 3.18. The van der Waals surface area contributed by atoms with Gasteiger partial charge in [-0.1, -0.05) is 6.07 Å². The number of hydrogen-bond donors (Lipinski definition) is 2. The van der Waals surface area contributed by atoms with Crippen LogP contribution in [0.1, 0.15) is 18.1 Å². The molecule has 5 nitrogen and oxygen atoms in total. The Morgan fingerprint density at radius 1 is 1.45 bits per heavy atom. The van der Waals surface area contributed by atoms with E-state index in [4.69, 9.17) is 5.26 Å². The molecule has 0 fully saturated rings. The molecule has 0 radical (unpaired) electrons. The average molecular weight is 312 g/mol. The van der Waals surface area contributed by atoms with E-state index in [1.165, 1.54) is 25.1 Å². The Morgan fingerprint density at radius 2 is 2.14 bits per heavy atom. The van der Waals surface area contributed by atoms with Gasteiger partial charge in [0.05, 0.1) is 18.2 Å². The summed E-state index contributed by atoms with van der Waals surface area (Å²) in [6.07, 6.45) is -4.38. The summed E-state index contributed by atoms with van der Waals surface area (Å²) in [5, 5.41) is 18.8. The molecule has 0 spiro atoms. The number of H-pyrrole nitrogens is 1. The number of carbonyl (C=O) groups is 1. The number of hydrogen-bond acceptors (Lipinski definition) is 4. The maximum atomic E-state index is 13.3. The highest BCUT2D eigenvalue weighted by Crippen LogP contribution is 2.42. The smallest absolute Gasteiger partial charge is 0.432 e. The number of fused-ring (bicyclic) bond motifs is 1. The van der Waals surface area contributed by atoms with Crippen LogP contribution in [0.5, 0.6) is 0 Å². The lowest BCUT2D eigenvalue weighted by atomic mass is 9.92. The normalized spacial score (nSPS) is 14.4. The minimum Gasteiger partial charge on any atom is -0.463 e. The number of benzene rings is 1. The second-order valence-electron chi connectivity index (χ2n) is 4.50. The number of aliphatic hydroxyl groups is 1. The Labute approximate surface area is 122 Å². The van der Waals surface area contributed by atoms with Crippen molar-refractivity contribution in [3.63, 3.8) is 0 Å². The molecule has 0 saturated heterocycles. The lowest BCUT2D eigenvalue weighted by Crippen LogP contribution is -2.50. The van der Waals surface area contributed by atoms with Crippen LogP contribution in [0.2, 0.25) is 0 Å². The van der Waals surface area contributed by atoms with E-state index in [0.29, 0.717) is 0 Å². The molecule has 0 aliphatic carbocycles. The highest BCUT2D eigenvalue weighted by molar-refractivity contribution is 5.92.